The molecule has 3 rings (SSSR count). The molecule has 0 saturated heterocycles. The molecule has 0 heterocycles. The maximum atomic E-state index is 13.1. The Morgan fingerprint density at radius 2 is 0.969 bits per heavy atom. The van der Waals surface area contributed by atoms with Crippen molar-refractivity contribution in [3.05, 3.63) is 34.4 Å². The van der Waals surface area contributed by atoms with Crippen LogP contribution in [0.2, 0.25) is 0 Å². The van der Waals surface area contributed by atoms with E-state index in [0.29, 0.717) is 12.1 Å². The summed E-state index contributed by atoms with van der Waals surface area (Å²) in [5, 5.41) is 25.4. The molecule has 2 aromatic rings. The van der Waals surface area contributed by atoms with Gasteiger partial charge in [0.25, 0.3) is 0 Å². The standard InChI is InChI=1S/C16H14N2O10S2.2Na/c1-17-5-3-7(29(23,24)25)13(19)11-9(5)15(21)12-10(16(11)22)6(18-2)4-8(14(12)20)30(26,27)28;;/h3-4,17-20H,1-2H3,(H,23,24,25)(H,26,27,28);;/q;2*+1/p-2. The molecule has 16 heteroatoms. The third-order valence-electron chi connectivity index (χ3n) is 4.52. The fourth-order valence-corrected chi connectivity index (χ4v) is 4.44. The number of anilines is 2. The maximum Gasteiger partial charge on any atom is 1.00 e. The van der Waals surface area contributed by atoms with Crippen molar-refractivity contribution in [1.29, 1.82) is 0 Å². The molecule has 0 unspecified atom stereocenters. The zero-order valence-electron chi connectivity index (χ0n) is 17.1. The Hall–Kier alpha value is -1.20. The Labute approximate surface area is 226 Å². The van der Waals surface area contributed by atoms with Crippen molar-refractivity contribution in [2.24, 2.45) is 0 Å². The second-order valence-electron chi connectivity index (χ2n) is 6.11. The summed E-state index contributed by atoms with van der Waals surface area (Å²) in [7, 11) is -8.07. The summed E-state index contributed by atoms with van der Waals surface area (Å²) in [5.74, 6) is -4.92. The van der Waals surface area contributed by atoms with Crippen molar-refractivity contribution >= 4 is 43.2 Å². The van der Waals surface area contributed by atoms with E-state index in [0.717, 1.165) is 0 Å². The molecule has 0 saturated carbocycles. The van der Waals surface area contributed by atoms with E-state index in [1.54, 1.807) is 0 Å². The first-order valence-corrected chi connectivity index (χ1v) is 10.7. The number of ketones is 2. The SMILES string of the molecule is CNc1cc(S(=O)(=O)[O-])c(O)c2c1C(=O)c1c(O)c(S(=O)(=O)[O-])cc(NC)c1C2=O.[Na+].[Na+]. The van der Waals surface area contributed by atoms with Crippen LogP contribution in [0.1, 0.15) is 31.8 Å². The van der Waals surface area contributed by atoms with Gasteiger partial charge in [-0.2, -0.15) is 0 Å². The Kier molecular flexibility index (Phi) is 8.63. The van der Waals surface area contributed by atoms with Crippen molar-refractivity contribution in [3.63, 3.8) is 0 Å². The van der Waals surface area contributed by atoms with E-state index in [-0.39, 0.29) is 70.5 Å². The second kappa shape index (κ2) is 9.58. The van der Waals surface area contributed by atoms with Crippen LogP contribution in [0.15, 0.2) is 21.9 Å². The van der Waals surface area contributed by atoms with Gasteiger partial charge in [-0.1, -0.05) is 0 Å². The van der Waals surface area contributed by atoms with Crippen molar-refractivity contribution in [2.45, 2.75) is 9.79 Å². The van der Waals surface area contributed by atoms with E-state index >= 15 is 0 Å². The first-order chi connectivity index (χ1) is 13.8. The Morgan fingerprint density at radius 3 is 1.19 bits per heavy atom. The van der Waals surface area contributed by atoms with Gasteiger partial charge < -0.3 is 30.0 Å². The number of carbonyl (C=O) groups excluding carboxylic acids is 2. The van der Waals surface area contributed by atoms with Gasteiger partial charge in [0.05, 0.1) is 32.0 Å². The van der Waals surface area contributed by atoms with E-state index in [1.165, 1.54) is 14.1 Å². The number of hydrogen-bond donors (Lipinski definition) is 4. The summed E-state index contributed by atoms with van der Waals surface area (Å²) in [5.41, 5.74) is -3.61. The van der Waals surface area contributed by atoms with E-state index in [9.17, 15) is 45.7 Å². The van der Waals surface area contributed by atoms with Gasteiger partial charge in [0, 0.05) is 25.5 Å². The van der Waals surface area contributed by atoms with Gasteiger partial charge in [0.15, 0.2) is 0 Å². The van der Waals surface area contributed by atoms with Crippen LogP contribution in [0, 0.1) is 0 Å². The van der Waals surface area contributed by atoms with Crippen LogP contribution < -0.4 is 69.7 Å². The van der Waals surface area contributed by atoms with Crippen molar-refractivity contribution in [3.8, 4) is 11.5 Å². The molecule has 1 aliphatic carbocycles. The number of nitrogens with one attached hydrogen (secondary N) is 2. The number of phenols is 2. The molecule has 32 heavy (non-hydrogen) atoms. The third kappa shape index (κ3) is 4.44. The summed E-state index contributed by atoms with van der Waals surface area (Å²) >= 11 is 0. The van der Waals surface area contributed by atoms with Crippen LogP contribution in [-0.2, 0) is 20.2 Å². The number of carbonyl (C=O) groups is 2. The van der Waals surface area contributed by atoms with Crippen molar-refractivity contribution in [2.75, 3.05) is 24.7 Å². The van der Waals surface area contributed by atoms with Gasteiger partial charge >= 0.3 is 59.1 Å². The molecule has 2 aromatic carbocycles. The molecular formula is C16H12N2Na2O10S2. The quantitative estimate of drug-likeness (QED) is 0.149. The Morgan fingerprint density at radius 1 is 0.688 bits per heavy atom. The first-order valence-electron chi connectivity index (χ1n) is 7.92. The third-order valence-corrected chi connectivity index (χ3v) is 6.22. The van der Waals surface area contributed by atoms with Crippen LogP contribution in [0.5, 0.6) is 11.5 Å². The van der Waals surface area contributed by atoms with Gasteiger partial charge in [-0.15, -0.1) is 0 Å². The van der Waals surface area contributed by atoms with Gasteiger partial charge in [-0.3, -0.25) is 9.59 Å². The zero-order chi connectivity index (χ0) is 22.8. The molecule has 0 bridgehead atoms. The minimum atomic E-state index is -5.26. The summed E-state index contributed by atoms with van der Waals surface area (Å²) < 4.78 is 68.9. The molecule has 1 aliphatic rings. The molecule has 0 fully saturated rings. The topological polar surface area (TPSA) is 213 Å². The molecule has 0 spiro atoms. The smallest absolute Gasteiger partial charge is 0.744 e. The predicted octanol–water partition coefficient (Wildman–Crippen LogP) is -6.23. The van der Waals surface area contributed by atoms with Gasteiger partial charge in [0.2, 0.25) is 11.6 Å². The molecule has 160 valence electrons. The zero-order valence-corrected chi connectivity index (χ0v) is 22.8. The largest absolute Gasteiger partial charge is 1.00 e. The van der Waals surface area contributed by atoms with Crippen LogP contribution >= 0.6 is 0 Å². The molecule has 12 nitrogen and oxygen atoms in total. The van der Waals surface area contributed by atoms with E-state index in [4.69, 9.17) is 0 Å². The predicted molar refractivity (Wildman–Crippen MR) is 98.1 cm³/mol. The molecule has 0 aliphatic heterocycles. The van der Waals surface area contributed by atoms with Gasteiger partial charge in [-0.05, 0) is 12.1 Å². The van der Waals surface area contributed by atoms with Crippen molar-refractivity contribution in [1.82, 2.24) is 0 Å². The number of fused-ring (bicyclic) bond motifs is 2. The summed E-state index contributed by atoms with van der Waals surface area (Å²) in [4.78, 5) is 23.9. The van der Waals surface area contributed by atoms with Gasteiger partial charge in [-0.25, -0.2) is 16.8 Å². The van der Waals surface area contributed by atoms with Crippen LogP contribution in [0.3, 0.4) is 0 Å². The average Bonchev–Trinajstić information content (AvgIpc) is 2.63. The van der Waals surface area contributed by atoms with E-state index in [2.05, 4.69) is 10.6 Å². The summed E-state index contributed by atoms with van der Waals surface area (Å²) in [6.07, 6.45) is 0. The van der Waals surface area contributed by atoms with Crippen LogP contribution in [0.25, 0.3) is 0 Å². The maximum absolute atomic E-state index is 13.1. The van der Waals surface area contributed by atoms with Crippen molar-refractivity contribution < 1.29 is 105 Å². The van der Waals surface area contributed by atoms with Crippen LogP contribution in [-0.4, -0.2) is 61.8 Å². The van der Waals surface area contributed by atoms with Gasteiger partial charge in [0.1, 0.15) is 31.7 Å². The summed E-state index contributed by atoms with van der Waals surface area (Å²) in [6.45, 7) is 0. The minimum absolute atomic E-state index is 0. The number of benzene rings is 2. The number of rotatable bonds is 4. The average molecular weight is 502 g/mol. The fourth-order valence-electron chi connectivity index (χ4n) is 3.24. The number of aromatic hydroxyl groups is 2. The fraction of sp³-hybridized carbons (Fsp3) is 0.125. The Balaban J connectivity index is 0.00000256. The first kappa shape index (κ1) is 28.8. The number of phenolic OH excluding ortho intramolecular Hbond substituents is 2. The molecule has 0 atom stereocenters. The molecule has 0 aromatic heterocycles. The van der Waals surface area contributed by atoms with E-state index in [1.807, 2.05) is 0 Å². The van der Waals surface area contributed by atoms with E-state index < -0.39 is 75.3 Å². The summed E-state index contributed by atoms with van der Waals surface area (Å²) in [6, 6.07) is 1.24. The minimum Gasteiger partial charge on any atom is -0.744 e. The second-order valence-corrected chi connectivity index (χ2v) is 8.80. The monoisotopic (exact) mass is 502 g/mol. The molecule has 0 radical (unpaired) electrons. The van der Waals surface area contributed by atoms with Crippen LogP contribution in [0.4, 0.5) is 11.4 Å². The number of hydrogen-bond acceptors (Lipinski definition) is 12. The normalized spacial score (nSPS) is 12.8. The Bertz CT molecular complexity index is 1270. The molecule has 4 N–H and O–H groups in total. The molecule has 0 amide bonds. The molecular weight excluding hydrogens is 490 g/mol.